The Morgan fingerprint density at radius 2 is 1.92 bits per heavy atom. The van der Waals surface area contributed by atoms with Gasteiger partial charge in [-0.25, -0.2) is 4.79 Å². The summed E-state index contributed by atoms with van der Waals surface area (Å²) in [6.07, 6.45) is 3.01. The molecule has 7 heteroatoms. The van der Waals surface area contributed by atoms with Crippen LogP contribution in [-0.2, 0) is 9.53 Å². The molecular formula is C18H26N2O5. The number of hydrogen-bond donors (Lipinski definition) is 1. The van der Waals surface area contributed by atoms with Crippen molar-refractivity contribution in [3.05, 3.63) is 39.4 Å². The second kappa shape index (κ2) is 9.76. The van der Waals surface area contributed by atoms with E-state index in [4.69, 9.17) is 4.74 Å². The van der Waals surface area contributed by atoms with Crippen molar-refractivity contribution >= 4 is 17.6 Å². The zero-order chi connectivity index (χ0) is 19.0. The molecule has 7 nitrogen and oxygen atoms in total. The molecular weight excluding hydrogens is 324 g/mol. The molecule has 0 saturated carbocycles. The molecule has 0 radical (unpaired) electrons. The summed E-state index contributed by atoms with van der Waals surface area (Å²) >= 11 is 0. The van der Waals surface area contributed by atoms with Crippen molar-refractivity contribution in [1.29, 1.82) is 0 Å². The number of carbonyl (C=O) groups is 2. The van der Waals surface area contributed by atoms with Gasteiger partial charge in [-0.3, -0.25) is 14.9 Å². The Morgan fingerprint density at radius 3 is 2.48 bits per heavy atom. The van der Waals surface area contributed by atoms with E-state index < -0.39 is 10.9 Å². The van der Waals surface area contributed by atoms with Crippen molar-refractivity contribution < 1.29 is 19.2 Å². The third-order valence-electron chi connectivity index (χ3n) is 3.79. The van der Waals surface area contributed by atoms with Crippen LogP contribution in [0.15, 0.2) is 18.2 Å². The highest BCUT2D eigenvalue weighted by Crippen LogP contribution is 2.19. The Hall–Kier alpha value is -2.44. The molecule has 0 spiro atoms. The summed E-state index contributed by atoms with van der Waals surface area (Å²) in [6, 6.07) is 3.97. The normalized spacial score (nSPS) is 11.9. The van der Waals surface area contributed by atoms with Gasteiger partial charge in [-0.2, -0.15) is 0 Å². The summed E-state index contributed by atoms with van der Waals surface area (Å²) in [5, 5.41) is 13.6. The molecule has 25 heavy (non-hydrogen) atoms. The SMILES string of the molecule is Cc1cc(C(=O)OCC(=O)N[C@H](C)CCCC(C)C)ccc1[N+](=O)[O-]. The summed E-state index contributed by atoms with van der Waals surface area (Å²) in [4.78, 5) is 34.0. The number of nitrogens with zero attached hydrogens (tertiary/aromatic N) is 1. The molecule has 1 rings (SSSR count). The molecule has 0 heterocycles. The highest BCUT2D eigenvalue weighted by molar-refractivity contribution is 5.91. The lowest BCUT2D eigenvalue weighted by Crippen LogP contribution is -2.35. The van der Waals surface area contributed by atoms with Crippen LogP contribution in [0.3, 0.4) is 0 Å². The number of rotatable bonds is 9. The fourth-order valence-corrected chi connectivity index (χ4v) is 2.42. The average Bonchev–Trinajstić information content (AvgIpc) is 2.51. The zero-order valence-corrected chi connectivity index (χ0v) is 15.2. The maximum absolute atomic E-state index is 11.9. The van der Waals surface area contributed by atoms with Crippen LogP contribution in [0.2, 0.25) is 0 Å². The van der Waals surface area contributed by atoms with Crippen molar-refractivity contribution in [3.8, 4) is 0 Å². The second-order valence-electron chi connectivity index (χ2n) is 6.63. The molecule has 0 unspecified atom stereocenters. The first kappa shape index (κ1) is 20.6. The van der Waals surface area contributed by atoms with Gasteiger partial charge in [0.25, 0.3) is 11.6 Å². The number of benzene rings is 1. The van der Waals surface area contributed by atoms with E-state index in [1.807, 2.05) is 6.92 Å². The molecule has 1 amide bonds. The molecule has 1 aromatic rings. The maximum atomic E-state index is 11.9. The van der Waals surface area contributed by atoms with Gasteiger partial charge in [0.1, 0.15) is 0 Å². The number of aryl methyl sites for hydroxylation is 1. The lowest BCUT2D eigenvalue weighted by molar-refractivity contribution is -0.385. The molecule has 0 aliphatic carbocycles. The van der Waals surface area contributed by atoms with Crippen LogP contribution in [0.25, 0.3) is 0 Å². The molecule has 0 aliphatic rings. The van der Waals surface area contributed by atoms with E-state index in [0.717, 1.165) is 19.3 Å². The van der Waals surface area contributed by atoms with E-state index in [1.54, 1.807) is 6.92 Å². The Bertz CT molecular complexity index is 628. The number of nitrogens with one attached hydrogen (secondary N) is 1. The van der Waals surface area contributed by atoms with E-state index >= 15 is 0 Å². The predicted octanol–water partition coefficient (Wildman–Crippen LogP) is 3.39. The van der Waals surface area contributed by atoms with Crippen molar-refractivity contribution in [1.82, 2.24) is 5.32 Å². The highest BCUT2D eigenvalue weighted by Gasteiger charge is 2.16. The van der Waals surface area contributed by atoms with Gasteiger partial charge in [-0.05, 0) is 38.3 Å². The summed E-state index contributed by atoms with van der Waals surface area (Å²) in [5.41, 5.74) is 0.480. The first-order chi connectivity index (χ1) is 11.7. The van der Waals surface area contributed by atoms with Crippen LogP contribution in [0.5, 0.6) is 0 Å². The standard InChI is InChI=1S/C18H26N2O5/c1-12(2)6-5-7-14(4)19-17(21)11-25-18(22)15-8-9-16(20(23)24)13(3)10-15/h8-10,12,14H,5-7,11H2,1-4H3,(H,19,21)/t14-/m1/s1. The fraction of sp³-hybridized carbons (Fsp3) is 0.556. The fourth-order valence-electron chi connectivity index (χ4n) is 2.42. The Kier molecular flexibility index (Phi) is 8.04. The van der Waals surface area contributed by atoms with Crippen LogP contribution in [0, 0.1) is 23.0 Å². The number of carbonyl (C=O) groups excluding carboxylic acids is 2. The van der Waals surface area contributed by atoms with Crippen LogP contribution in [-0.4, -0.2) is 29.4 Å². The van der Waals surface area contributed by atoms with Gasteiger partial charge in [0.05, 0.1) is 10.5 Å². The van der Waals surface area contributed by atoms with Gasteiger partial charge < -0.3 is 10.1 Å². The van der Waals surface area contributed by atoms with Crippen LogP contribution in [0.1, 0.15) is 56.0 Å². The van der Waals surface area contributed by atoms with Gasteiger partial charge in [0.2, 0.25) is 0 Å². The lowest BCUT2D eigenvalue weighted by atomic mass is 10.0. The van der Waals surface area contributed by atoms with Gasteiger partial charge in [-0.1, -0.05) is 26.7 Å². The van der Waals surface area contributed by atoms with E-state index in [-0.39, 0.29) is 29.8 Å². The molecule has 0 fully saturated rings. The Labute approximate surface area is 147 Å². The molecule has 0 saturated heterocycles. The van der Waals surface area contributed by atoms with Crippen molar-refractivity contribution in [2.45, 2.75) is 53.0 Å². The average molecular weight is 350 g/mol. The molecule has 0 aliphatic heterocycles. The number of nitro groups is 1. The van der Waals surface area contributed by atoms with Crippen LogP contribution in [0.4, 0.5) is 5.69 Å². The third-order valence-corrected chi connectivity index (χ3v) is 3.79. The highest BCUT2D eigenvalue weighted by atomic mass is 16.6. The molecule has 138 valence electrons. The largest absolute Gasteiger partial charge is 0.452 e. The first-order valence-electron chi connectivity index (χ1n) is 8.42. The first-order valence-corrected chi connectivity index (χ1v) is 8.42. The number of amides is 1. The van der Waals surface area contributed by atoms with Crippen molar-refractivity contribution in [2.75, 3.05) is 6.61 Å². The van der Waals surface area contributed by atoms with E-state index in [0.29, 0.717) is 11.5 Å². The topological polar surface area (TPSA) is 98.5 Å². The minimum atomic E-state index is -0.680. The van der Waals surface area contributed by atoms with Gasteiger partial charge in [0, 0.05) is 17.7 Å². The summed E-state index contributed by atoms with van der Waals surface area (Å²) in [6.45, 7) is 7.40. The molecule has 0 bridgehead atoms. The van der Waals surface area contributed by atoms with Gasteiger partial charge in [-0.15, -0.1) is 0 Å². The Morgan fingerprint density at radius 1 is 1.24 bits per heavy atom. The summed E-state index contributed by atoms with van der Waals surface area (Å²) in [5.74, 6) is -0.404. The number of hydrogen-bond acceptors (Lipinski definition) is 5. The second-order valence-corrected chi connectivity index (χ2v) is 6.63. The molecule has 1 aromatic carbocycles. The third kappa shape index (κ3) is 7.32. The number of ether oxygens (including phenoxy) is 1. The van der Waals surface area contributed by atoms with Crippen LogP contribution < -0.4 is 5.32 Å². The summed E-state index contributed by atoms with van der Waals surface area (Å²) in [7, 11) is 0. The van der Waals surface area contributed by atoms with Gasteiger partial charge in [0.15, 0.2) is 6.61 Å². The monoisotopic (exact) mass is 350 g/mol. The quantitative estimate of drug-likeness (QED) is 0.418. The molecule has 0 aromatic heterocycles. The van der Waals surface area contributed by atoms with E-state index in [9.17, 15) is 19.7 Å². The molecule has 1 N–H and O–H groups in total. The van der Waals surface area contributed by atoms with Crippen LogP contribution >= 0.6 is 0 Å². The minimum absolute atomic E-state index is 0.0200. The van der Waals surface area contributed by atoms with Gasteiger partial charge >= 0.3 is 5.97 Å². The van der Waals surface area contributed by atoms with Crippen molar-refractivity contribution in [3.63, 3.8) is 0 Å². The van der Waals surface area contributed by atoms with E-state index in [2.05, 4.69) is 19.2 Å². The number of nitro benzene ring substituents is 1. The van der Waals surface area contributed by atoms with E-state index in [1.165, 1.54) is 18.2 Å². The minimum Gasteiger partial charge on any atom is -0.452 e. The van der Waals surface area contributed by atoms with Crippen molar-refractivity contribution in [2.24, 2.45) is 5.92 Å². The summed E-state index contributed by atoms with van der Waals surface area (Å²) < 4.78 is 4.97. The number of esters is 1. The lowest BCUT2D eigenvalue weighted by Gasteiger charge is -2.14. The molecule has 1 atom stereocenters. The Balaban J connectivity index is 2.44. The zero-order valence-electron chi connectivity index (χ0n) is 15.2. The smallest absolute Gasteiger partial charge is 0.338 e. The predicted molar refractivity (Wildman–Crippen MR) is 94.4 cm³/mol. The maximum Gasteiger partial charge on any atom is 0.338 e.